The van der Waals surface area contributed by atoms with Gasteiger partial charge in [-0.25, -0.2) is 8.42 Å². The molecule has 0 spiro atoms. The molecule has 0 bridgehead atoms. The molecule has 2 atom stereocenters. The van der Waals surface area contributed by atoms with Crippen LogP contribution in [0, 0.1) is 0 Å². The van der Waals surface area contributed by atoms with Crippen LogP contribution in [0.5, 0.6) is 0 Å². The Morgan fingerprint density at radius 3 is 2.28 bits per heavy atom. The summed E-state index contributed by atoms with van der Waals surface area (Å²) in [6.07, 6.45) is 2.92. The summed E-state index contributed by atoms with van der Waals surface area (Å²) in [4.78, 5) is 14.9. The summed E-state index contributed by atoms with van der Waals surface area (Å²) in [5.41, 5.74) is 6.61. The molecule has 3 N–H and O–H groups in total. The predicted octanol–water partition coefficient (Wildman–Crippen LogP) is 1.92. The van der Waals surface area contributed by atoms with Gasteiger partial charge in [-0.3, -0.25) is 4.79 Å². The van der Waals surface area contributed by atoms with Crippen LogP contribution in [0.1, 0.15) is 32.6 Å². The first-order chi connectivity index (χ1) is 12.9. The Kier molecular flexibility index (Phi) is 10.2. The molecule has 1 amide bonds. The lowest BCUT2D eigenvalue weighted by Gasteiger charge is -2.34. The number of nitrogens with zero attached hydrogens (tertiary/aromatic N) is 1. The van der Waals surface area contributed by atoms with Gasteiger partial charge in [0.25, 0.3) is 0 Å². The molecule has 0 aliphatic carbocycles. The highest BCUT2D eigenvalue weighted by Crippen LogP contribution is 2.23. The summed E-state index contributed by atoms with van der Waals surface area (Å²) < 4.78 is 29.5. The van der Waals surface area contributed by atoms with Crippen LogP contribution in [-0.4, -0.2) is 58.0 Å². The van der Waals surface area contributed by atoms with Crippen molar-refractivity contribution < 1.29 is 17.9 Å². The highest BCUT2D eigenvalue weighted by Gasteiger charge is 2.31. The molecule has 3 rings (SSSR count). The quantitative estimate of drug-likeness (QED) is 0.662. The number of amides is 1. The summed E-state index contributed by atoms with van der Waals surface area (Å²) in [5, 5.41) is 3.10. The van der Waals surface area contributed by atoms with Crippen molar-refractivity contribution in [2.75, 3.05) is 30.3 Å². The van der Waals surface area contributed by atoms with E-state index in [0.717, 1.165) is 44.5 Å². The topological polar surface area (TPSA) is 102 Å². The van der Waals surface area contributed by atoms with E-state index >= 15 is 0 Å². The van der Waals surface area contributed by atoms with E-state index < -0.39 is 9.84 Å². The lowest BCUT2D eigenvalue weighted by atomic mass is 10.0. The van der Waals surface area contributed by atoms with Crippen LogP contribution in [0.2, 0.25) is 0 Å². The number of piperidine rings is 1. The van der Waals surface area contributed by atoms with Crippen LogP contribution in [-0.2, 0) is 19.4 Å². The minimum atomic E-state index is -3.17. The Morgan fingerprint density at radius 2 is 1.76 bits per heavy atom. The first-order valence-corrected chi connectivity index (χ1v) is 11.3. The molecular weight excluding hydrogens is 437 g/mol. The Morgan fingerprint density at radius 1 is 1.14 bits per heavy atom. The molecule has 2 aliphatic heterocycles. The molecule has 0 saturated carbocycles. The molecule has 2 heterocycles. The minimum Gasteiger partial charge on any atom is -0.371 e. The molecule has 10 heteroatoms. The van der Waals surface area contributed by atoms with Gasteiger partial charge in [0.1, 0.15) is 6.10 Å². The second-order valence-corrected chi connectivity index (χ2v) is 9.51. The molecule has 2 aliphatic rings. The third-order valence-electron chi connectivity index (χ3n) is 5.45. The summed E-state index contributed by atoms with van der Waals surface area (Å²) in [6.45, 7) is 3.75. The van der Waals surface area contributed by atoms with E-state index in [1.165, 1.54) is 0 Å². The zero-order valence-corrected chi connectivity index (χ0v) is 19.0. The second-order valence-electron chi connectivity index (χ2n) is 7.23. The van der Waals surface area contributed by atoms with Gasteiger partial charge in [0, 0.05) is 31.4 Å². The van der Waals surface area contributed by atoms with Crippen LogP contribution in [0.15, 0.2) is 29.2 Å². The highest BCUT2D eigenvalue weighted by atomic mass is 35.5. The van der Waals surface area contributed by atoms with E-state index in [2.05, 4.69) is 10.2 Å². The van der Waals surface area contributed by atoms with Gasteiger partial charge < -0.3 is 20.7 Å². The smallest absolute Gasteiger partial charge is 0.249 e. The molecule has 7 nitrogen and oxygen atoms in total. The van der Waals surface area contributed by atoms with E-state index in [-0.39, 0.29) is 54.7 Å². The zero-order chi connectivity index (χ0) is 19.4. The largest absolute Gasteiger partial charge is 0.371 e. The number of anilines is 1. The van der Waals surface area contributed by atoms with Gasteiger partial charge in [-0.2, -0.15) is 0 Å². The molecule has 2 fully saturated rings. The zero-order valence-electron chi connectivity index (χ0n) is 16.6. The third-order valence-corrected chi connectivity index (χ3v) is 7.20. The fourth-order valence-corrected chi connectivity index (χ4v) is 4.56. The average Bonchev–Trinajstić information content (AvgIpc) is 3.18. The molecule has 166 valence electrons. The minimum absolute atomic E-state index is 0. The normalized spacial score (nSPS) is 22.5. The van der Waals surface area contributed by atoms with Crippen LogP contribution in [0.25, 0.3) is 0 Å². The fourth-order valence-electron chi connectivity index (χ4n) is 3.68. The number of benzene rings is 1. The maximum Gasteiger partial charge on any atom is 0.249 e. The van der Waals surface area contributed by atoms with Crippen LogP contribution < -0.4 is 16.0 Å². The standard InChI is InChI=1S/C19H29N3O4S.2ClH/c1-2-27(24,25)17-6-3-15(4-7-17)22-11-9-14(10-12-22)21-19(23)18-8-5-16(13-20)26-18;;/h3-4,6-7,14,16,18H,2,5,8-13,20H2,1H3,(H,21,23);2*1H/t16-,18+;;/m1../s1. The number of ether oxygens (including phenoxy) is 1. The average molecular weight is 468 g/mol. The molecule has 0 radical (unpaired) electrons. The summed E-state index contributed by atoms with van der Waals surface area (Å²) in [7, 11) is -3.17. The summed E-state index contributed by atoms with van der Waals surface area (Å²) >= 11 is 0. The van der Waals surface area contributed by atoms with Gasteiger partial charge in [-0.1, -0.05) is 6.92 Å². The van der Waals surface area contributed by atoms with Gasteiger partial charge in [-0.15, -0.1) is 24.8 Å². The number of sulfone groups is 1. The SMILES string of the molecule is CCS(=O)(=O)c1ccc(N2CCC(NC(=O)[C@@H]3CC[C@H](CN)O3)CC2)cc1.Cl.Cl. The Balaban J connectivity index is 0.00000210. The number of carbonyl (C=O) groups excluding carboxylic acids is 1. The van der Waals surface area contributed by atoms with Crippen molar-refractivity contribution in [3.8, 4) is 0 Å². The van der Waals surface area contributed by atoms with Gasteiger partial charge in [0.15, 0.2) is 9.84 Å². The first kappa shape index (κ1) is 26.0. The molecule has 0 aromatic heterocycles. The lowest BCUT2D eigenvalue weighted by molar-refractivity contribution is -0.132. The van der Waals surface area contributed by atoms with Crippen molar-refractivity contribution in [1.82, 2.24) is 5.32 Å². The predicted molar refractivity (Wildman–Crippen MR) is 119 cm³/mol. The number of hydrogen-bond acceptors (Lipinski definition) is 6. The van der Waals surface area contributed by atoms with Crippen LogP contribution in [0.3, 0.4) is 0 Å². The van der Waals surface area contributed by atoms with E-state index in [4.69, 9.17) is 10.5 Å². The molecule has 29 heavy (non-hydrogen) atoms. The van der Waals surface area contributed by atoms with Gasteiger partial charge >= 0.3 is 0 Å². The van der Waals surface area contributed by atoms with Gasteiger partial charge in [0.05, 0.1) is 16.8 Å². The second kappa shape index (κ2) is 11.4. The molecule has 0 unspecified atom stereocenters. The number of carbonyl (C=O) groups is 1. The summed E-state index contributed by atoms with van der Waals surface area (Å²) in [5.74, 6) is 0.0762. The van der Waals surface area contributed by atoms with Gasteiger partial charge in [0.2, 0.25) is 5.91 Å². The van der Waals surface area contributed by atoms with E-state index in [1.807, 2.05) is 12.1 Å². The summed E-state index contributed by atoms with van der Waals surface area (Å²) in [6, 6.07) is 7.22. The molecule has 1 aromatic carbocycles. The molecule has 2 saturated heterocycles. The molecular formula is C19H31Cl2N3O4S. The maximum absolute atomic E-state index is 12.3. The Bertz CT molecular complexity index is 753. The van der Waals surface area contributed by atoms with Crippen molar-refractivity contribution in [3.63, 3.8) is 0 Å². The third kappa shape index (κ3) is 6.46. The van der Waals surface area contributed by atoms with E-state index in [1.54, 1.807) is 19.1 Å². The molecule has 1 aromatic rings. The fraction of sp³-hybridized carbons (Fsp3) is 0.632. The van der Waals surface area contributed by atoms with E-state index in [9.17, 15) is 13.2 Å². The number of nitrogens with one attached hydrogen (secondary N) is 1. The van der Waals surface area contributed by atoms with Crippen molar-refractivity contribution in [3.05, 3.63) is 24.3 Å². The highest BCUT2D eigenvalue weighted by molar-refractivity contribution is 7.91. The number of rotatable bonds is 6. The van der Waals surface area contributed by atoms with Crippen molar-refractivity contribution >= 4 is 46.2 Å². The number of halogens is 2. The van der Waals surface area contributed by atoms with Crippen molar-refractivity contribution in [1.29, 1.82) is 0 Å². The van der Waals surface area contributed by atoms with Crippen molar-refractivity contribution in [2.45, 2.75) is 55.8 Å². The maximum atomic E-state index is 12.3. The Hall–Kier alpha value is -1.06. The lowest BCUT2D eigenvalue weighted by Crippen LogP contribution is -2.47. The first-order valence-electron chi connectivity index (χ1n) is 9.66. The monoisotopic (exact) mass is 467 g/mol. The number of hydrogen-bond donors (Lipinski definition) is 2. The van der Waals surface area contributed by atoms with E-state index in [0.29, 0.717) is 11.4 Å². The number of nitrogens with two attached hydrogens (primary N) is 1. The Labute approximate surface area is 185 Å². The van der Waals surface area contributed by atoms with Crippen LogP contribution >= 0.6 is 24.8 Å². The van der Waals surface area contributed by atoms with Gasteiger partial charge in [-0.05, 0) is 49.9 Å². The van der Waals surface area contributed by atoms with Crippen molar-refractivity contribution in [2.24, 2.45) is 5.73 Å². The van der Waals surface area contributed by atoms with Crippen LogP contribution in [0.4, 0.5) is 5.69 Å².